The molecule has 0 radical (unpaired) electrons. The minimum atomic E-state index is -1.66. The summed E-state index contributed by atoms with van der Waals surface area (Å²) < 4.78 is 6.41. The summed E-state index contributed by atoms with van der Waals surface area (Å²) >= 11 is 1.91. The lowest BCUT2D eigenvalue weighted by atomic mass is 10.2. The second kappa shape index (κ2) is 9.11. The van der Waals surface area contributed by atoms with Gasteiger partial charge < -0.3 is 9.74 Å². The van der Waals surface area contributed by atoms with E-state index in [1.54, 1.807) is 0 Å². The maximum Gasteiger partial charge on any atom is 0.192 e. The zero-order valence-electron chi connectivity index (χ0n) is 15.1. The predicted octanol–water partition coefficient (Wildman–Crippen LogP) is 4.92. The molecule has 0 saturated heterocycles. The number of nitrogens with one attached hydrogen (secondary N) is 1. The van der Waals surface area contributed by atoms with Gasteiger partial charge in [0.05, 0.1) is 0 Å². The van der Waals surface area contributed by atoms with Crippen LogP contribution in [0.4, 0.5) is 0 Å². The van der Waals surface area contributed by atoms with Crippen LogP contribution in [0.1, 0.15) is 32.8 Å². The second-order valence-corrected chi connectivity index (χ2v) is 13.2. The minimum absolute atomic E-state index is 0.274. The van der Waals surface area contributed by atoms with Crippen molar-refractivity contribution in [3.8, 4) is 0 Å². The lowest BCUT2D eigenvalue weighted by Gasteiger charge is -2.37. The fourth-order valence-electron chi connectivity index (χ4n) is 1.89. The fourth-order valence-corrected chi connectivity index (χ4v) is 3.46. The van der Waals surface area contributed by atoms with Crippen molar-refractivity contribution in [1.82, 2.24) is 5.32 Å². The zero-order valence-corrected chi connectivity index (χ0v) is 16.9. The summed E-state index contributed by atoms with van der Waals surface area (Å²) in [6, 6.07) is 11.0. The molecule has 0 unspecified atom stereocenters. The Morgan fingerprint density at radius 2 is 1.82 bits per heavy atom. The molecule has 0 aliphatic carbocycles. The van der Waals surface area contributed by atoms with Gasteiger partial charge in [0, 0.05) is 19.2 Å². The molecule has 1 aromatic carbocycles. The molecule has 22 heavy (non-hydrogen) atoms. The molecule has 0 bridgehead atoms. The summed E-state index contributed by atoms with van der Waals surface area (Å²) in [7, 11) is -1.66. The van der Waals surface area contributed by atoms with Gasteiger partial charge in [-0.05, 0) is 42.1 Å². The van der Waals surface area contributed by atoms with E-state index in [-0.39, 0.29) is 5.04 Å². The molecule has 0 aromatic heterocycles. The van der Waals surface area contributed by atoms with Crippen LogP contribution in [0.2, 0.25) is 18.1 Å². The Bertz CT molecular complexity index is 417. The lowest BCUT2D eigenvalue weighted by molar-refractivity contribution is 0.239. The van der Waals surface area contributed by atoms with Crippen LogP contribution in [0.5, 0.6) is 0 Å². The first-order chi connectivity index (χ1) is 10.3. The van der Waals surface area contributed by atoms with E-state index in [4.69, 9.17) is 4.43 Å². The average molecular weight is 340 g/mol. The number of rotatable bonds is 9. The minimum Gasteiger partial charge on any atom is -0.415 e. The van der Waals surface area contributed by atoms with Crippen molar-refractivity contribution in [2.45, 2.75) is 57.9 Å². The van der Waals surface area contributed by atoms with Gasteiger partial charge in [-0.3, -0.25) is 0 Å². The Hall–Kier alpha value is -0.293. The molecule has 0 amide bonds. The van der Waals surface area contributed by atoms with Crippen LogP contribution in [0, 0.1) is 0 Å². The van der Waals surface area contributed by atoms with Gasteiger partial charge >= 0.3 is 0 Å². The lowest BCUT2D eigenvalue weighted by Crippen LogP contribution is -2.45. The summed E-state index contributed by atoms with van der Waals surface area (Å²) in [5.41, 5.74) is 1.34. The zero-order chi connectivity index (χ0) is 16.6. The molecule has 1 rings (SSSR count). The van der Waals surface area contributed by atoms with Crippen molar-refractivity contribution in [3.05, 3.63) is 35.9 Å². The van der Waals surface area contributed by atoms with Gasteiger partial charge in [-0.25, -0.2) is 0 Å². The summed E-state index contributed by atoms with van der Waals surface area (Å²) in [5.74, 6) is 1.17. The number of benzene rings is 1. The van der Waals surface area contributed by atoms with E-state index in [0.717, 1.165) is 19.6 Å². The summed E-state index contributed by atoms with van der Waals surface area (Å²) in [4.78, 5) is 0. The van der Waals surface area contributed by atoms with Crippen LogP contribution >= 0.6 is 11.8 Å². The van der Waals surface area contributed by atoms with Crippen LogP contribution in [-0.4, -0.2) is 33.0 Å². The van der Waals surface area contributed by atoms with Gasteiger partial charge in [-0.2, -0.15) is 11.8 Å². The quantitative estimate of drug-likeness (QED) is 0.645. The Morgan fingerprint density at radius 3 is 2.36 bits per heavy atom. The van der Waals surface area contributed by atoms with Crippen LogP contribution in [0.25, 0.3) is 0 Å². The second-order valence-electron chi connectivity index (χ2n) is 7.42. The average Bonchev–Trinajstić information content (AvgIpc) is 2.46. The van der Waals surface area contributed by atoms with Gasteiger partial charge in [-0.15, -0.1) is 0 Å². The SMILES string of the molecule is CSCC[C@@H](CO[Si](C)(C)C(C)(C)C)NCc1ccccc1. The first-order valence-electron chi connectivity index (χ1n) is 8.16. The Balaban J connectivity index is 2.53. The van der Waals surface area contributed by atoms with E-state index in [1.165, 1.54) is 11.3 Å². The van der Waals surface area contributed by atoms with E-state index in [1.807, 2.05) is 11.8 Å². The van der Waals surface area contributed by atoms with Crippen molar-refractivity contribution in [1.29, 1.82) is 0 Å². The molecule has 0 fully saturated rings. The maximum absolute atomic E-state index is 6.41. The van der Waals surface area contributed by atoms with Crippen LogP contribution in [0.3, 0.4) is 0 Å². The monoisotopic (exact) mass is 339 g/mol. The molecule has 126 valence electrons. The van der Waals surface area contributed by atoms with Crippen molar-refractivity contribution in [3.63, 3.8) is 0 Å². The van der Waals surface area contributed by atoms with Crippen molar-refractivity contribution in [2.24, 2.45) is 0 Å². The van der Waals surface area contributed by atoms with Crippen molar-refractivity contribution < 1.29 is 4.43 Å². The molecule has 2 nitrogen and oxygen atoms in total. The molecule has 0 aliphatic rings. The van der Waals surface area contributed by atoms with Gasteiger partial charge in [0.15, 0.2) is 8.32 Å². The third kappa shape index (κ3) is 6.86. The highest BCUT2D eigenvalue weighted by Gasteiger charge is 2.37. The highest BCUT2D eigenvalue weighted by Crippen LogP contribution is 2.36. The fraction of sp³-hybridized carbons (Fsp3) is 0.667. The molecular weight excluding hydrogens is 306 g/mol. The molecule has 0 saturated carbocycles. The van der Waals surface area contributed by atoms with Crippen molar-refractivity contribution in [2.75, 3.05) is 18.6 Å². The molecule has 4 heteroatoms. The third-order valence-corrected chi connectivity index (χ3v) is 9.70. The molecule has 0 heterocycles. The van der Waals surface area contributed by atoms with E-state index in [9.17, 15) is 0 Å². The Kier molecular flexibility index (Phi) is 8.18. The van der Waals surface area contributed by atoms with Gasteiger partial charge in [0.1, 0.15) is 0 Å². The first kappa shape index (κ1) is 19.8. The van der Waals surface area contributed by atoms with Gasteiger partial charge in [0.2, 0.25) is 0 Å². The van der Waals surface area contributed by atoms with E-state index in [2.05, 4.69) is 75.8 Å². The predicted molar refractivity (Wildman–Crippen MR) is 103 cm³/mol. The van der Waals surface area contributed by atoms with Crippen LogP contribution in [-0.2, 0) is 11.0 Å². The Labute approximate surface area is 142 Å². The Morgan fingerprint density at radius 1 is 1.18 bits per heavy atom. The molecular formula is C18H33NOSSi. The largest absolute Gasteiger partial charge is 0.415 e. The molecule has 1 atom stereocenters. The maximum atomic E-state index is 6.41. The number of hydrogen-bond donors (Lipinski definition) is 1. The van der Waals surface area contributed by atoms with E-state index < -0.39 is 8.32 Å². The molecule has 0 spiro atoms. The topological polar surface area (TPSA) is 21.3 Å². The third-order valence-electron chi connectivity index (χ3n) is 4.56. The van der Waals surface area contributed by atoms with Crippen molar-refractivity contribution >= 4 is 20.1 Å². The number of thioether (sulfide) groups is 1. The van der Waals surface area contributed by atoms with Crippen LogP contribution in [0.15, 0.2) is 30.3 Å². The molecule has 0 aliphatic heterocycles. The molecule has 1 N–H and O–H groups in total. The smallest absolute Gasteiger partial charge is 0.192 e. The van der Waals surface area contributed by atoms with Gasteiger partial charge in [0.25, 0.3) is 0 Å². The highest BCUT2D eigenvalue weighted by atomic mass is 32.2. The van der Waals surface area contributed by atoms with Crippen LogP contribution < -0.4 is 5.32 Å². The summed E-state index contributed by atoms with van der Waals surface area (Å²) in [5, 5.41) is 3.95. The van der Waals surface area contributed by atoms with Gasteiger partial charge in [-0.1, -0.05) is 51.1 Å². The standard InChI is InChI=1S/C18H33NOSSi/c1-18(2,3)22(5,6)20-15-17(12-13-21-4)19-14-16-10-8-7-9-11-16/h7-11,17,19H,12-15H2,1-6H3/t17-/m0/s1. The summed E-state index contributed by atoms with van der Waals surface area (Å²) in [6.07, 6.45) is 3.32. The highest BCUT2D eigenvalue weighted by molar-refractivity contribution is 7.98. The summed E-state index contributed by atoms with van der Waals surface area (Å²) in [6.45, 7) is 13.3. The normalized spacial score (nSPS) is 14.1. The first-order valence-corrected chi connectivity index (χ1v) is 12.5. The number of hydrogen-bond acceptors (Lipinski definition) is 3. The molecule has 1 aromatic rings. The van der Waals surface area contributed by atoms with E-state index in [0.29, 0.717) is 6.04 Å². The van der Waals surface area contributed by atoms with E-state index >= 15 is 0 Å².